The summed E-state index contributed by atoms with van der Waals surface area (Å²) in [5, 5.41) is 9.32. The van der Waals surface area contributed by atoms with Crippen LogP contribution in [0.25, 0.3) is 11.0 Å². The number of nitrogen functional groups attached to an aromatic ring is 1. The zero-order chi connectivity index (χ0) is 21.8. The number of aryl methyl sites for hydroxylation is 1. The van der Waals surface area contributed by atoms with Crippen LogP contribution in [0.2, 0.25) is 0 Å². The van der Waals surface area contributed by atoms with Crippen LogP contribution in [0, 0.1) is 0 Å². The number of hydrogen-bond donors (Lipinski definition) is 3. The predicted octanol–water partition coefficient (Wildman–Crippen LogP) is 2.14. The lowest BCUT2D eigenvalue weighted by molar-refractivity contribution is -0.129. The largest absolute Gasteiger partial charge is 0.454 e. The lowest BCUT2D eigenvalue weighted by Gasteiger charge is -2.11. The molecule has 1 amide bonds. The quantitative estimate of drug-likeness (QED) is 0.201. The minimum Gasteiger partial charge on any atom is -0.454 e. The van der Waals surface area contributed by atoms with Gasteiger partial charge >= 0.3 is 0 Å². The number of imidazole rings is 1. The number of rotatable bonds is 9. The Morgan fingerprint density at radius 1 is 1.26 bits per heavy atom. The molecule has 4 rings (SSSR count). The molecule has 3 heterocycles. The summed E-state index contributed by atoms with van der Waals surface area (Å²) in [7, 11) is 6.23. The average Bonchev–Trinajstić information content (AvgIpc) is 3.35. The highest BCUT2D eigenvalue weighted by atomic mass is 32.2. The highest BCUT2D eigenvalue weighted by molar-refractivity contribution is 7.99. The van der Waals surface area contributed by atoms with E-state index >= 15 is 0 Å². The summed E-state index contributed by atoms with van der Waals surface area (Å²) in [6.07, 6.45) is 5.45. The Labute approximate surface area is 184 Å². The summed E-state index contributed by atoms with van der Waals surface area (Å²) < 4.78 is 13.0. The number of benzene rings is 1. The van der Waals surface area contributed by atoms with Crippen molar-refractivity contribution in [2.24, 2.45) is 0 Å². The van der Waals surface area contributed by atoms with E-state index in [0.29, 0.717) is 34.7 Å². The molecule has 1 aliphatic rings. The third kappa shape index (κ3) is 4.72. The number of anilines is 1. The molecule has 11 heteroatoms. The number of fused-ring (bicyclic) bond motifs is 2. The number of pyridine rings is 1. The van der Waals surface area contributed by atoms with Gasteiger partial charge in [-0.05, 0) is 31.0 Å². The number of carbonyl (C=O) groups excluding carboxylic acids is 1. The van der Waals surface area contributed by atoms with E-state index in [-0.39, 0.29) is 12.7 Å². The topological polar surface area (TPSA) is 125 Å². The van der Waals surface area contributed by atoms with Gasteiger partial charge in [0.05, 0.1) is 5.52 Å². The Kier molecular flexibility index (Phi) is 6.52. The van der Waals surface area contributed by atoms with Crippen LogP contribution in [0.15, 0.2) is 34.4 Å². The van der Waals surface area contributed by atoms with Gasteiger partial charge in [-0.2, -0.15) is 0 Å². The van der Waals surface area contributed by atoms with E-state index in [2.05, 4.69) is 9.55 Å². The molecule has 0 saturated carbocycles. The molecule has 4 N–H and O–H groups in total. The van der Waals surface area contributed by atoms with Crippen LogP contribution in [0.5, 0.6) is 11.5 Å². The van der Waals surface area contributed by atoms with E-state index in [0.717, 1.165) is 47.8 Å². The van der Waals surface area contributed by atoms with E-state index in [1.807, 2.05) is 12.1 Å². The van der Waals surface area contributed by atoms with Crippen molar-refractivity contribution in [3.63, 3.8) is 0 Å². The Morgan fingerprint density at radius 2 is 2.03 bits per heavy atom. The first-order valence-corrected chi connectivity index (χ1v) is 10.8. The molecule has 0 fully saturated rings. The Bertz CT molecular complexity index is 1110. The lowest BCUT2D eigenvalue weighted by Crippen LogP contribution is -2.17. The highest BCUT2D eigenvalue weighted by Crippen LogP contribution is 2.37. The van der Waals surface area contributed by atoms with Crippen LogP contribution in [0.3, 0.4) is 0 Å². The summed E-state index contributed by atoms with van der Waals surface area (Å²) in [5.41, 5.74) is 9.86. The Balaban J connectivity index is 1.52. The zero-order valence-corrected chi connectivity index (χ0v) is 17.7. The second-order valence-electron chi connectivity index (χ2n) is 7.15. The van der Waals surface area contributed by atoms with E-state index in [4.69, 9.17) is 33.2 Å². The molecule has 0 atom stereocenters. The molecule has 0 spiro atoms. The number of nitrogens with two attached hydrogens (primary N) is 1. The third-order valence-electron chi connectivity index (χ3n) is 5.03. The Hall–Kier alpha value is -2.92. The highest BCUT2D eigenvalue weighted by Gasteiger charge is 2.19. The van der Waals surface area contributed by atoms with Gasteiger partial charge in [-0.15, -0.1) is 0 Å². The molecule has 1 aliphatic heterocycles. The fraction of sp³-hybridized carbons (Fsp3) is 0.350. The van der Waals surface area contributed by atoms with Crippen LogP contribution in [0.1, 0.15) is 32.1 Å². The number of carbonyl (C=O) groups is 1. The van der Waals surface area contributed by atoms with Crippen LogP contribution >= 0.6 is 11.8 Å². The summed E-state index contributed by atoms with van der Waals surface area (Å²) in [6, 6.07) is 5.52. The molecule has 0 saturated heterocycles. The van der Waals surface area contributed by atoms with E-state index in [1.54, 1.807) is 17.7 Å². The lowest BCUT2D eigenvalue weighted by atomic mass is 9.96. The van der Waals surface area contributed by atoms with Crippen molar-refractivity contribution in [3.8, 4) is 11.5 Å². The smallest absolute Gasteiger partial charge is 0.243 e. The molecule has 2 aromatic heterocycles. The van der Waals surface area contributed by atoms with Gasteiger partial charge in [0.1, 0.15) is 13.4 Å². The fourth-order valence-electron chi connectivity index (χ4n) is 3.44. The van der Waals surface area contributed by atoms with Gasteiger partial charge in [-0.3, -0.25) is 10.0 Å². The first-order valence-electron chi connectivity index (χ1n) is 9.97. The molecule has 3 aromatic rings. The number of nitrogens with one attached hydrogen (secondary N) is 1. The monoisotopic (exact) mass is 439 g/mol. The van der Waals surface area contributed by atoms with Crippen molar-refractivity contribution in [3.05, 3.63) is 24.4 Å². The summed E-state index contributed by atoms with van der Waals surface area (Å²) in [6.45, 7) is 0.919. The van der Waals surface area contributed by atoms with Crippen LogP contribution in [-0.4, -0.2) is 40.3 Å². The van der Waals surface area contributed by atoms with Gasteiger partial charge < -0.3 is 19.8 Å². The molecule has 31 heavy (non-hydrogen) atoms. The van der Waals surface area contributed by atoms with Crippen LogP contribution in [-0.2, 0) is 11.3 Å². The molecular weight excluding hydrogens is 417 g/mol. The van der Waals surface area contributed by atoms with Crippen LogP contribution in [0.4, 0.5) is 5.82 Å². The minimum atomic E-state index is -0.358. The first kappa shape index (κ1) is 21.3. The van der Waals surface area contributed by atoms with Gasteiger partial charge in [0.15, 0.2) is 22.5 Å². The maximum Gasteiger partial charge on any atom is 0.243 e. The van der Waals surface area contributed by atoms with Crippen molar-refractivity contribution in [2.75, 3.05) is 12.5 Å². The number of amides is 1. The standard InChI is InChI=1S/C20H22BN5O4S/c21-12-9-14-15(30-11-29-14)10-16(12)31-20-24-18-13(6-7-23-19(18)22)26(20)8-4-2-1-3-5-17(27)25-28/h6-7,9-10,28H,1-5,8,11H2,(H2,22,23)(H,25,27). The Morgan fingerprint density at radius 3 is 2.84 bits per heavy atom. The van der Waals surface area contributed by atoms with Gasteiger partial charge in [-0.1, -0.05) is 30.1 Å². The van der Waals surface area contributed by atoms with Gasteiger partial charge in [0, 0.05) is 24.1 Å². The number of nitrogens with zero attached hydrogens (tertiary/aromatic N) is 3. The van der Waals surface area contributed by atoms with Crippen molar-refractivity contribution < 1.29 is 19.5 Å². The summed E-state index contributed by atoms with van der Waals surface area (Å²) >= 11 is 1.44. The predicted molar refractivity (Wildman–Crippen MR) is 117 cm³/mol. The van der Waals surface area contributed by atoms with Crippen molar-refractivity contribution >= 4 is 47.8 Å². The van der Waals surface area contributed by atoms with E-state index in [9.17, 15) is 4.79 Å². The first-order chi connectivity index (χ1) is 15.1. The normalized spacial score (nSPS) is 12.4. The molecule has 160 valence electrons. The molecule has 2 radical (unpaired) electrons. The minimum absolute atomic E-state index is 0.184. The van der Waals surface area contributed by atoms with Gasteiger partial charge in [0.25, 0.3) is 0 Å². The maximum atomic E-state index is 11.1. The molecule has 1 aromatic carbocycles. The zero-order valence-electron chi connectivity index (χ0n) is 16.8. The number of hydrogen-bond acceptors (Lipinski definition) is 8. The average molecular weight is 439 g/mol. The SMILES string of the molecule is [B]c1cc2c(cc1Sc1nc3c(N)nccc3n1CCCCCCC(=O)NO)OCO2. The number of hydroxylamine groups is 1. The number of aromatic nitrogens is 3. The summed E-state index contributed by atoms with van der Waals surface area (Å²) in [5.74, 6) is 1.32. The van der Waals surface area contributed by atoms with E-state index < -0.39 is 0 Å². The molecule has 0 bridgehead atoms. The molecule has 0 aliphatic carbocycles. The second kappa shape index (κ2) is 9.48. The van der Waals surface area contributed by atoms with Crippen LogP contribution < -0.4 is 26.2 Å². The van der Waals surface area contributed by atoms with Gasteiger partial charge in [0.2, 0.25) is 12.7 Å². The second-order valence-corrected chi connectivity index (χ2v) is 8.16. The van der Waals surface area contributed by atoms with Crippen molar-refractivity contribution in [1.82, 2.24) is 20.0 Å². The maximum absolute atomic E-state index is 11.1. The number of unbranched alkanes of at least 4 members (excludes halogenated alkanes) is 3. The molecular formula is C20H22BN5O4S. The van der Waals surface area contributed by atoms with Crippen molar-refractivity contribution in [2.45, 2.75) is 48.7 Å². The molecule has 0 unspecified atom stereocenters. The van der Waals surface area contributed by atoms with Gasteiger partial charge in [-0.25, -0.2) is 15.4 Å². The summed E-state index contributed by atoms with van der Waals surface area (Å²) in [4.78, 5) is 20.8. The fourth-order valence-corrected chi connectivity index (χ4v) is 4.41. The number of ether oxygens (including phenoxy) is 2. The van der Waals surface area contributed by atoms with Crippen molar-refractivity contribution in [1.29, 1.82) is 0 Å². The van der Waals surface area contributed by atoms with E-state index in [1.165, 1.54) is 11.8 Å². The molecule has 9 nitrogen and oxygen atoms in total. The third-order valence-corrected chi connectivity index (χ3v) is 6.09.